The molecule has 0 spiro atoms. The van der Waals surface area contributed by atoms with Crippen LogP contribution in [0.25, 0.3) is 10.8 Å². The fourth-order valence-corrected chi connectivity index (χ4v) is 5.03. The number of carboxylic acids is 1. The Labute approximate surface area is 204 Å². The van der Waals surface area contributed by atoms with Gasteiger partial charge >= 0.3 is 5.97 Å². The van der Waals surface area contributed by atoms with Crippen molar-refractivity contribution in [3.63, 3.8) is 0 Å². The van der Waals surface area contributed by atoms with Gasteiger partial charge in [-0.1, -0.05) is 61.5 Å². The lowest BCUT2D eigenvalue weighted by Crippen LogP contribution is -2.37. The summed E-state index contributed by atoms with van der Waals surface area (Å²) in [6.07, 6.45) is 2.85. The van der Waals surface area contributed by atoms with Crippen molar-refractivity contribution in [3.05, 3.63) is 102 Å². The van der Waals surface area contributed by atoms with Crippen molar-refractivity contribution in [2.75, 3.05) is 11.4 Å². The Morgan fingerprint density at radius 1 is 1.06 bits per heavy atom. The fourth-order valence-electron chi connectivity index (χ4n) is 5.03. The van der Waals surface area contributed by atoms with Crippen molar-refractivity contribution < 1.29 is 19.0 Å². The van der Waals surface area contributed by atoms with Crippen LogP contribution in [-0.4, -0.2) is 23.7 Å². The zero-order chi connectivity index (χ0) is 24.4. The minimum atomic E-state index is -1.27. The molecule has 1 heterocycles. The number of carboxylic acid groups (broad SMARTS) is 1. The third kappa shape index (κ3) is 4.72. The molecule has 1 unspecified atom stereocenters. The van der Waals surface area contributed by atoms with Gasteiger partial charge in [0.2, 0.25) is 0 Å². The molecule has 0 bridgehead atoms. The summed E-state index contributed by atoms with van der Waals surface area (Å²) in [6, 6.07) is 27.0. The number of anilines is 2. The second kappa shape index (κ2) is 9.79. The summed E-state index contributed by atoms with van der Waals surface area (Å²) in [5.74, 6) is -0.831. The highest BCUT2D eigenvalue weighted by Gasteiger charge is 2.27. The molecule has 35 heavy (non-hydrogen) atoms. The molecule has 4 nitrogen and oxygen atoms in total. The average Bonchev–Trinajstić information content (AvgIpc) is 2.88. The van der Waals surface area contributed by atoms with E-state index in [0.717, 1.165) is 30.7 Å². The van der Waals surface area contributed by atoms with E-state index in [4.69, 9.17) is 4.74 Å². The van der Waals surface area contributed by atoms with Crippen LogP contribution in [0.1, 0.15) is 48.0 Å². The van der Waals surface area contributed by atoms with Gasteiger partial charge in [-0.25, -0.2) is 9.18 Å². The highest BCUT2D eigenvalue weighted by atomic mass is 19.1. The highest BCUT2D eigenvalue weighted by molar-refractivity contribution is 5.90. The van der Waals surface area contributed by atoms with Crippen LogP contribution in [-0.2, 0) is 0 Å². The summed E-state index contributed by atoms with van der Waals surface area (Å²) in [4.78, 5) is 13.5. The quantitative estimate of drug-likeness (QED) is 0.304. The summed E-state index contributed by atoms with van der Waals surface area (Å²) in [7, 11) is 0. The molecule has 5 heteroatoms. The number of hydrogen-bond acceptors (Lipinski definition) is 3. The molecule has 5 rings (SSSR count). The first-order valence-electron chi connectivity index (χ1n) is 12.0. The average molecular weight is 470 g/mol. The third-order valence-electron chi connectivity index (χ3n) is 6.85. The fraction of sp³-hybridized carbons (Fsp3) is 0.233. The molecule has 1 aliphatic heterocycles. The number of halogens is 1. The number of nitrogens with zero attached hydrogens (tertiary/aromatic N) is 1. The van der Waals surface area contributed by atoms with E-state index in [1.165, 1.54) is 28.5 Å². The standard InChI is InChI=1S/C30H28FNO3/c1-20(24-13-7-10-21-9-2-3-12-25(21)24)8-6-11-23-19-32(28-14-4-5-15-29(28)35-23)22-16-17-27(31)26(18-22)30(33)34/h2-5,7,9-10,12-18,20,23H,6,8,11,19H2,1H3,(H,33,34)/t20-,23?/m0/s1. The molecule has 1 aliphatic rings. The number of fused-ring (bicyclic) bond motifs is 2. The minimum absolute atomic E-state index is 0.0528. The van der Waals surface area contributed by atoms with Crippen LogP contribution in [0.15, 0.2) is 84.9 Å². The van der Waals surface area contributed by atoms with Gasteiger partial charge in [-0.15, -0.1) is 0 Å². The van der Waals surface area contributed by atoms with Gasteiger partial charge in [-0.05, 0) is 71.8 Å². The van der Waals surface area contributed by atoms with Crippen molar-refractivity contribution in [2.24, 2.45) is 0 Å². The van der Waals surface area contributed by atoms with Gasteiger partial charge in [0.25, 0.3) is 0 Å². The van der Waals surface area contributed by atoms with E-state index in [9.17, 15) is 14.3 Å². The largest absolute Gasteiger partial charge is 0.486 e. The molecular formula is C30H28FNO3. The van der Waals surface area contributed by atoms with Crippen LogP contribution < -0.4 is 9.64 Å². The van der Waals surface area contributed by atoms with Crippen molar-refractivity contribution in [2.45, 2.75) is 38.2 Å². The first-order valence-corrected chi connectivity index (χ1v) is 12.0. The van der Waals surface area contributed by atoms with Gasteiger partial charge in [0.15, 0.2) is 0 Å². The van der Waals surface area contributed by atoms with Crippen molar-refractivity contribution in [1.29, 1.82) is 0 Å². The Hall–Kier alpha value is -3.86. The molecule has 0 aliphatic carbocycles. The maximum absolute atomic E-state index is 14.0. The second-order valence-electron chi connectivity index (χ2n) is 9.19. The molecule has 0 radical (unpaired) electrons. The van der Waals surface area contributed by atoms with Gasteiger partial charge < -0.3 is 14.7 Å². The predicted octanol–water partition coefficient (Wildman–Crippen LogP) is 7.55. The molecule has 2 atom stereocenters. The molecule has 178 valence electrons. The molecule has 0 saturated carbocycles. The van der Waals surface area contributed by atoms with Gasteiger partial charge in [0.05, 0.1) is 17.8 Å². The lowest BCUT2D eigenvalue weighted by Gasteiger charge is -2.36. The van der Waals surface area contributed by atoms with Crippen LogP contribution in [0, 0.1) is 5.82 Å². The van der Waals surface area contributed by atoms with Crippen molar-refractivity contribution >= 4 is 28.1 Å². The van der Waals surface area contributed by atoms with E-state index in [1.54, 1.807) is 6.07 Å². The van der Waals surface area contributed by atoms with Crippen LogP contribution in [0.3, 0.4) is 0 Å². The molecule has 0 amide bonds. The van der Waals surface area contributed by atoms with Crippen LogP contribution in [0.4, 0.5) is 15.8 Å². The lowest BCUT2D eigenvalue weighted by molar-refractivity contribution is 0.0692. The van der Waals surface area contributed by atoms with Crippen LogP contribution >= 0.6 is 0 Å². The molecule has 0 fully saturated rings. The number of aromatic carboxylic acids is 1. The van der Waals surface area contributed by atoms with Gasteiger partial charge in [0, 0.05) is 5.69 Å². The summed E-state index contributed by atoms with van der Waals surface area (Å²) in [5, 5.41) is 12.0. The van der Waals surface area contributed by atoms with E-state index in [0.29, 0.717) is 18.2 Å². The Kier molecular flexibility index (Phi) is 6.41. The van der Waals surface area contributed by atoms with Gasteiger partial charge in [-0.2, -0.15) is 0 Å². The number of hydrogen-bond donors (Lipinski definition) is 1. The first kappa shape index (κ1) is 22.9. The molecule has 4 aromatic carbocycles. The maximum Gasteiger partial charge on any atom is 0.338 e. The minimum Gasteiger partial charge on any atom is -0.486 e. The molecule has 0 aromatic heterocycles. The summed E-state index contributed by atoms with van der Waals surface area (Å²) >= 11 is 0. The normalized spacial score (nSPS) is 15.9. The number of rotatable bonds is 7. The SMILES string of the molecule is C[C@@H](CCCC1CN(c2ccc(F)c(C(=O)O)c2)c2ccccc2O1)c1cccc2ccccc12. The monoisotopic (exact) mass is 469 g/mol. The van der Waals surface area contributed by atoms with E-state index in [2.05, 4.69) is 49.4 Å². The van der Waals surface area contributed by atoms with Crippen LogP contribution in [0.2, 0.25) is 0 Å². The van der Waals surface area contributed by atoms with Crippen molar-refractivity contribution in [3.8, 4) is 5.75 Å². The molecule has 1 N–H and O–H groups in total. The summed E-state index contributed by atoms with van der Waals surface area (Å²) in [6.45, 7) is 2.85. The highest BCUT2D eigenvalue weighted by Crippen LogP contribution is 2.39. The third-order valence-corrected chi connectivity index (χ3v) is 6.85. The number of para-hydroxylation sites is 2. The zero-order valence-corrected chi connectivity index (χ0v) is 19.7. The van der Waals surface area contributed by atoms with E-state index < -0.39 is 11.8 Å². The van der Waals surface area contributed by atoms with Gasteiger partial charge in [0.1, 0.15) is 17.7 Å². The number of benzene rings is 4. The number of ether oxygens (including phenoxy) is 1. The summed E-state index contributed by atoms with van der Waals surface area (Å²) < 4.78 is 20.3. The first-order chi connectivity index (χ1) is 17.0. The number of carbonyl (C=O) groups is 1. The smallest absolute Gasteiger partial charge is 0.338 e. The van der Waals surface area contributed by atoms with E-state index >= 15 is 0 Å². The second-order valence-corrected chi connectivity index (χ2v) is 9.19. The Bertz CT molecular complexity index is 1360. The Morgan fingerprint density at radius 3 is 2.69 bits per heavy atom. The maximum atomic E-state index is 14.0. The Balaban J connectivity index is 1.31. The van der Waals surface area contributed by atoms with Gasteiger partial charge in [-0.3, -0.25) is 0 Å². The van der Waals surface area contributed by atoms with Crippen molar-refractivity contribution in [1.82, 2.24) is 0 Å². The molecule has 4 aromatic rings. The zero-order valence-electron chi connectivity index (χ0n) is 19.7. The lowest BCUT2D eigenvalue weighted by atomic mass is 9.90. The topological polar surface area (TPSA) is 49.8 Å². The van der Waals surface area contributed by atoms with E-state index in [-0.39, 0.29) is 11.7 Å². The molecule has 0 saturated heterocycles. The Morgan fingerprint density at radius 2 is 1.83 bits per heavy atom. The van der Waals surface area contributed by atoms with Crippen LogP contribution in [0.5, 0.6) is 5.75 Å². The summed E-state index contributed by atoms with van der Waals surface area (Å²) in [5.41, 5.74) is 2.54. The predicted molar refractivity (Wildman–Crippen MR) is 137 cm³/mol. The van der Waals surface area contributed by atoms with E-state index in [1.807, 2.05) is 29.2 Å². The molecular weight excluding hydrogens is 441 g/mol.